The van der Waals surface area contributed by atoms with Gasteiger partial charge in [-0.2, -0.15) is 5.10 Å². The molecule has 0 radical (unpaired) electrons. The van der Waals surface area contributed by atoms with Gasteiger partial charge < -0.3 is 15.4 Å². The van der Waals surface area contributed by atoms with E-state index >= 15 is 0 Å². The summed E-state index contributed by atoms with van der Waals surface area (Å²) < 4.78 is 7.52. The molecule has 1 aromatic heterocycles. The molecule has 6 heteroatoms. The Bertz CT molecular complexity index is 489. The Morgan fingerprint density at radius 1 is 1.32 bits per heavy atom. The molecule has 0 aliphatic carbocycles. The molecule has 6 nitrogen and oxygen atoms in total. The fourth-order valence-corrected chi connectivity index (χ4v) is 2.75. The molecule has 0 atom stereocenters. The number of nitrogen functional groups attached to an aromatic ring is 1. The van der Waals surface area contributed by atoms with Crippen molar-refractivity contribution in [2.75, 3.05) is 18.8 Å². The molecule has 0 unspecified atom stereocenters. The number of hydrogen-bond donors (Lipinski definition) is 1. The van der Waals surface area contributed by atoms with E-state index in [-0.39, 0.29) is 17.1 Å². The second-order valence-electron chi connectivity index (χ2n) is 6.39. The largest absolute Gasteiger partial charge is 0.396 e. The first kappa shape index (κ1) is 13.9. The van der Waals surface area contributed by atoms with Crippen LogP contribution in [0.15, 0.2) is 6.20 Å². The molecule has 106 valence electrons. The van der Waals surface area contributed by atoms with Crippen molar-refractivity contribution in [3.8, 4) is 0 Å². The zero-order valence-electron chi connectivity index (χ0n) is 12.2. The number of ether oxygens (including phenoxy) is 1. The lowest BCUT2D eigenvalue weighted by molar-refractivity contribution is -0.171. The molecule has 2 rings (SSSR count). The number of nitrogens with zero attached hydrogens (tertiary/aromatic N) is 3. The second kappa shape index (κ2) is 4.23. The van der Waals surface area contributed by atoms with Gasteiger partial charge in [0.05, 0.1) is 16.9 Å². The number of carbonyl (C=O) groups excluding carboxylic acids is 1. The van der Waals surface area contributed by atoms with E-state index in [1.54, 1.807) is 22.8 Å². The monoisotopic (exact) mass is 266 g/mol. The number of rotatable bonds is 1. The van der Waals surface area contributed by atoms with Crippen LogP contribution in [0, 0.1) is 0 Å². The molecule has 0 saturated carbocycles. The van der Waals surface area contributed by atoms with Crippen molar-refractivity contribution in [1.82, 2.24) is 14.7 Å². The second-order valence-corrected chi connectivity index (χ2v) is 6.39. The summed E-state index contributed by atoms with van der Waals surface area (Å²) in [5.41, 5.74) is 5.80. The first-order chi connectivity index (χ1) is 8.60. The highest BCUT2D eigenvalue weighted by atomic mass is 16.5. The van der Waals surface area contributed by atoms with Gasteiger partial charge in [-0.15, -0.1) is 0 Å². The van der Waals surface area contributed by atoms with Gasteiger partial charge in [0.1, 0.15) is 0 Å². The molecular formula is C13H22N4O2. The summed E-state index contributed by atoms with van der Waals surface area (Å²) in [6.07, 6.45) is 1.64. The van der Waals surface area contributed by atoms with Crippen molar-refractivity contribution in [3.05, 3.63) is 11.9 Å². The topological polar surface area (TPSA) is 73.4 Å². The third-order valence-electron chi connectivity index (χ3n) is 3.04. The highest BCUT2D eigenvalue weighted by Gasteiger charge is 2.40. The van der Waals surface area contributed by atoms with Crippen LogP contribution in [0.25, 0.3) is 0 Å². The van der Waals surface area contributed by atoms with E-state index in [2.05, 4.69) is 5.10 Å². The fraction of sp³-hybridized carbons (Fsp3) is 0.692. The van der Waals surface area contributed by atoms with Gasteiger partial charge >= 0.3 is 0 Å². The maximum atomic E-state index is 12.5. The van der Waals surface area contributed by atoms with E-state index in [1.165, 1.54) is 0 Å². The third-order valence-corrected chi connectivity index (χ3v) is 3.04. The molecule has 0 aromatic carbocycles. The Morgan fingerprint density at radius 3 is 2.26 bits per heavy atom. The summed E-state index contributed by atoms with van der Waals surface area (Å²) in [5, 5.41) is 4.14. The Hall–Kier alpha value is -1.56. The fourth-order valence-electron chi connectivity index (χ4n) is 2.75. The molecule has 1 fully saturated rings. The van der Waals surface area contributed by atoms with Crippen molar-refractivity contribution in [2.45, 2.75) is 38.9 Å². The van der Waals surface area contributed by atoms with E-state index in [0.29, 0.717) is 24.5 Å². The van der Waals surface area contributed by atoms with Crippen LogP contribution >= 0.6 is 0 Å². The number of morpholine rings is 1. The first-order valence-electron chi connectivity index (χ1n) is 6.38. The van der Waals surface area contributed by atoms with E-state index < -0.39 is 0 Å². The van der Waals surface area contributed by atoms with Gasteiger partial charge in [-0.1, -0.05) is 0 Å². The van der Waals surface area contributed by atoms with Crippen LogP contribution in [0.4, 0.5) is 5.69 Å². The number of hydrogen-bond acceptors (Lipinski definition) is 4. The number of carbonyl (C=O) groups is 1. The quantitative estimate of drug-likeness (QED) is 0.824. The van der Waals surface area contributed by atoms with Crippen molar-refractivity contribution in [2.24, 2.45) is 7.05 Å². The molecule has 1 aliphatic heterocycles. The lowest BCUT2D eigenvalue weighted by Crippen LogP contribution is -2.58. The summed E-state index contributed by atoms with van der Waals surface area (Å²) in [6, 6.07) is 0. The van der Waals surface area contributed by atoms with Gasteiger partial charge in [-0.05, 0) is 27.7 Å². The third kappa shape index (κ3) is 2.89. The molecule has 0 spiro atoms. The summed E-state index contributed by atoms with van der Waals surface area (Å²) in [6.45, 7) is 8.99. The van der Waals surface area contributed by atoms with Gasteiger partial charge in [0, 0.05) is 26.3 Å². The minimum absolute atomic E-state index is 0.137. The van der Waals surface area contributed by atoms with Gasteiger partial charge in [0.15, 0.2) is 5.69 Å². The molecule has 1 saturated heterocycles. The maximum Gasteiger partial charge on any atom is 0.276 e. The zero-order valence-corrected chi connectivity index (χ0v) is 12.2. The maximum absolute atomic E-state index is 12.5. The SMILES string of the molecule is Cn1cc(N)c(C(=O)N2CC(C)(C)OC(C)(C)C2)n1. The Balaban J connectivity index is 2.26. The molecule has 2 heterocycles. The standard InChI is InChI=1S/C13H22N4O2/c1-12(2)7-17(8-13(3,4)19-12)11(18)10-9(14)6-16(5)15-10/h6H,7-8,14H2,1-5H3. The number of amides is 1. The predicted octanol–water partition coefficient (Wildman–Crippen LogP) is 1.03. The smallest absolute Gasteiger partial charge is 0.276 e. The van der Waals surface area contributed by atoms with Crippen molar-refractivity contribution in [3.63, 3.8) is 0 Å². The van der Waals surface area contributed by atoms with Gasteiger partial charge in [-0.25, -0.2) is 0 Å². The van der Waals surface area contributed by atoms with Gasteiger partial charge in [-0.3, -0.25) is 9.48 Å². The van der Waals surface area contributed by atoms with Crippen molar-refractivity contribution >= 4 is 11.6 Å². The van der Waals surface area contributed by atoms with E-state index in [4.69, 9.17) is 10.5 Å². The summed E-state index contributed by atoms with van der Waals surface area (Å²) >= 11 is 0. The Morgan fingerprint density at radius 2 is 1.84 bits per heavy atom. The highest BCUT2D eigenvalue weighted by Crippen LogP contribution is 2.29. The van der Waals surface area contributed by atoms with Crippen LogP contribution in [0.5, 0.6) is 0 Å². The van der Waals surface area contributed by atoms with Crippen LogP contribution in [-0.4, -0.2) is 44.9 Å². The molecule has 19 heavy (non-hydrogen) atoms. The molecule has 2 N–H and O–H groups in total. The molecule has 1 aliphatic rings. The van der Waals surface area contributed by atoms with Crippen molar-refractivity contribution in [1.29, 1.82) is 0 Å². The first-order valence-corrected chi connectivity index (χ1v) is 6.38. The Kier molecular flexibility index (Phi) is 3.09. The lowest BCUT2D eigenvalue weighted by Gasteiger charge is -2.46. The van der Waals surface area contributed by atoms with Crippen molar-refractivity contribution < 1.29 is 9.53 Å². The summed E-state index contributed by atoms with van der Waals surface area (Å²) in [5.74, 6) is -0.137. The number of aryl methyl sites for hydroxylation is 1. The van der Waals surface area contributed by atoms with Crippen LogP contribution in [-0.2, 0) is 11.8 Å². The highest BCUT2D eigenvalue weighted by molar-refractivity contribution is 5.97. The Labute approximate surface area is 113 Å². The zero-order chi connectivity index (χ0) is 14.4. The van der Waals surface area contributed by atoms with E-state index in [1.807, 2.05) is 27.7 Å². The van der Waals surface area contributed by atoms with E-state index in [0.717, 1.165) is 0 Å². The summed E-state index contributed by atoms with van der Waals surface area (Å²) in [7, 11) is 1.75. The molecular weight excluding hydrogens is 244 g/mol. The predicted molar refractivity (Wildman–Crippen MR) is 72.8 cm³/mol. The average molecular weight is 266 g/mol. The van der Waals surface area contributed by atoms with Crippen LogP contribution in [0.3, 0.4) is 0 Å². The van der Waals surface area contributed by atoms with Crippen LogP contribution in [0.1, 0.15) is 38.2 Å². The minimum Gasteiger partial charge on any atom is -0.396 e. The minimum atomic E-state index is -0.374. The van der Waals surface area contributed by atoms with E-state index in [9.17, 15) is 4.79 Å². The molecule has 0 bridgehead atoms. The molecule has 1 amide bonds. The summed E-state index contributed by atoms with van der Waals surface area (Å²) in [4.78, 5) is 14.3. The lowest BCUT2D eigenvalue weighted by atomic mass is 9.98. The van der Waals surface area contributed by atoms with Gasteiger partial charge in [0.2, 0.25) is 0 Å². The van der Waals surface area contributed by atoms with Gasteiger partial charge in [0.25, 0.3) is 5.91 Å². The molecule has 1 aromatic rings. The number of nitrogens with two attached hydrogens (primary N) is 1. The van der Waals surface area contributed by atoms with Crippen LogP contribution in [0.2, 0.25) is 0 Å². The number of aromatic nitrogens is 2. The normalized spacial score (nSPS) is 21.4. The number of anilines is 1. The van der Waals surface area contributed by atoms with Crippen LogP contribution < -0.4 is 5.73 Å². The average Bonchev–Trinajstić information content (AvgIpc) is 2.52.